The summed E-state index contributed by atoms with van der Waals surface area (Å²) in [6.07, 6.45) is 1.04. The number of nitro groups is 1. The van der Waals surface area contributed by atoms with Crippen LogP contribution in [0.1, 0.15) is 0 Å². The van der Waals surface area contributed by atoms with E-state index in [2.05, 4.69) is 5.32 Å². The number of hydrogen-bond acceptors (Lipinski definition) is 6. The Hall–Kier alpha value is -1.67. The van der Waals surface area contributed by atoms with Gasteiger partial charge in [-0.25, -0.2) is 8.42 Å². The first-order valence-corrected chi connectivity index (χ1v) is 7.73. The van der Waals surface area contributed by atoms with Gasteiger partial charge in [-0.3, -0.25) is 10.1 Å². The lowest BCUT2D eigenvalue weighted by atomic mass is 10.2. The minimum Gasteiger partial charge on any atom is -0.363 e. The van der Waals surface area contributed by atoms with Gasteiger partial charge in [0, 0.05) is 38.5 Å². The number of benzene rings is 1. The van der Waals surface area contributed by atoms with Crippen molar-refractivity contribution in [3.05, 3.63) is 28.3 Å². The summed E-state index contributed by atoms with van der Waals surface area (Å²) in [5.41, 5.74) is 0.309. The third kappa shape index (κ3) is 3.02. The largest absolute Gasteiger partial charge is 0.363 e. The zero-order valence-corrected chi connectivity index (χ0v) is 11.3. The number of anilines is 1. The highest BCUT2D eigenvalue weighted by Gasteiger charge is 2.23. The second kappa shape index (κ2) is 5.14. The summed E-state index contributed by atoms with van der Waals surface area (Å²) in [4.78, 5) is 12.4. The SMILES string of the molecule is CS(=O)(=O)c1ccc(N2CCNCC2)c([N+](=O)[O-])c1. The molecule has 0 aromatic heterocycles. The van der Waals surface area contributed by atoms with E-state index in [1.165, 1.54) is 12.1 Å². The second-order valence-electron chi connectivity index (χ2n) is 4.42. The van der Waals surface area contributed by atoms with Crippen LogP contribution in [0.3, 0.4) is 0 Å². The Kier molecular flexibility index (Phi) is 3.72. The van der Waals surface area contributed by atoms with Crippen molar-refractivity contribution in [1.82, 2.24) is 5.32 Å². The summed E-state index contributed by atoms with van der Waals surface area (Å²) in [5, 5.41) is 14.3. The Morgan fingerprint density at radius 3 is 2.47 bits per heavy atom. The van der Waals surface area contributed by atoms with Gasteiger partial charge >= 0.3 is 0 Å². The topological polar surface area (TPSA) is 92.6 Å². The minimum absolute atomic E-state index is 0.0296. The molecule has 0 bridgehead atoms. The number of nitrogens with zero attached hydrogens (tertiary/aromatic N) is 2. The molecule has 1 fully saturated rings. The third-order valence-corrected chi connectivity index (χ3v) is 4.14. The Balaban J connectivity index is 2.46. The van der Waals surface area contributed by atoms with Gasteiger partial charge in [-0.1, -0.05) is 0 Å². The van der Waals surface area contributed by atoms with Gasteiger partial charge < -0.3 is 10.2 Å². The molecule has 0 saturated carbocycles. The number of hydrogen-bond donors (Lipinski definition) is 1. The zero-order valence-electron chi connectivity index (χ0n) is 10.5. The molecule has 2 rings (SSSR count). The first-order chi connectivity index (χ1) is 8.89. The zero-order chi connectivity index (χ0) is 14.0. The van der Waals surface area contributed by atoms with E-state index >= 15 is 0 Å². The molecule has 0 amide bonds. The summed E-state index contributed by atoms with van der Waals surface area (Å²) in [6.45, 7) is 2.84. The van der Waals surface area contributed by atoms with Crippen LogP contribution in [0.5, 0.6) is 0 Å². The number of nitrogens with one attached hydrogen (secondary N) is 1. The molecule has 0 aliphatic carbocycles. The van der Waals surface area contributed by atoms with Gasteiger partial charge in [0.05, 0.1) is 9.82 Å². The second-order valence-corrected chi connectivity index (χ2v) is 6.43. The maximum absolute atomic E-state index is 11.4. The number of nitro benzene ring substituents is 1. The predicted octanol–water partition coefficient (Wildman–Crippen LogP) is 0.408. The smallest absolute Gasteiger partial charge is 0.293 e. The van der Waals surface area contributed by atoms with Crippen molar-refractivity contribution >= 4 is 21.2 Å². The molecule has 104 valence electrons. The van der Waals surface area contributed by atoms with Gasteiger partial charge in [0.1, 0.15) is 5.69 Å². The Labute approximate surface area is 111 Å². The first-order valence-electron chi connectivity index (χ1n) is 5.84. The standard InChI is InChI=1S/C11H15N3O4S/c1-19(17,18)9-2-3-10(11(8-9)14(15)16)13-6-4-12-5-7-13/h2-3,8,12H,4-7H2,1H3. The van der Waals surface area contributed by atoms with Crippen molar-refractivity contribution in [3.63, 3.8) is 0 Å². The highest BCUT2D eigenvalue weighted by atomic mass is 32.2. The number of piperazine rings is 1. The molecule has 1 aliphatic rings. The van der Waals surface area contributed by atoms with Gasteiger partial charge in [-0.15, -0.1) is 0 Å². The highest BCUT2D eigenvalue weighted by Crippen LogP contribution is 2.30. The number of rotatable bonds is 3. The van der Waals surface area contributed by atoms with Gasteiger partial charge in [0.2, 0.25) is 0 Å². The molecule has 7 nitrogen and oxygen atoms in total. The van der Waals surface area contributed by atoms with Crippen molar-refractivity contribution in [3.8, 4) is 0 Å². The molecule has 1 aromatic rings. The summed E-state index contributed by atoms with van der Waals surface area (Å²) < 4.78 is 22.9. The van der Waals surface area contributed by atoms with E-state index in [1.54, 1.807) is 0 Å². The van der Waals surface area contributed by atoms with Crippen molar-refractivity contribution in [2.45, 2.75) is 4.90 Å². The molecule has 1 aliphatic heterocycles. The van der Waals surface area contributed by atoms with Gasteiger partial charge in [-0.05, 0) is 12.1 Å². The van der Waals surface area contributed by atoms with Crippen LogP contribution in [0.15, 0.2) is 23.1 Å². The quantitative estimate of drug-likeness (QED) is 0.638. The molecule has 0 unspecified atom stereocenters. The highest BCUT2D eigenvalue weighted by molar-refractivity contribution is 7.90. The summed E-state index contributed by atoms with van der Waals surface area (Å²) in [7, 11) is -3.44. The molecular formula is C11H15N3O4S. The molecule has 1 saturated heterocycles. The van der Waals surface area contributed by atoms with Crippen LogP contribution < -0.4 is 10.2 Å². The summed E-state index contributed by atoms with van der Waals surface area (Å²) >= 11 is 0. The predicted molar refractivity (Wildman–Crippen MR) is 71.3 cm³/mol. The van der Waals surface area contributed by atoms with E-state index < -0.39 is 14.8 Å². The average molecular weight is 285 g/mol. The van der Waals surface area contributed by atoms with Gasteiger partial charge in [0.15, 0.2) is 9.84 Å². The number of sulfone groups is 1. The maximum Gasteiger partial charge on any atom is 0.293 e. The minimum atomic E-state index is -3.44. The molecule has 0 spiro atoms. The van der Waals surface area contributed by atoms with Crippen LogP contribution in [-0.4, -0.2) is 45.8 Å². The van der Waals surface area contributed by atoms with Crippen molar-refractivity contribution < 1.29 is 13.3 Å². The van der Waals surface area contributed by atoms with Crippen LogP contribution in [0.25, 0.3) is 0 Å². The molecular weight excluding hydrogens is 270 g/mol. The van der Waals surface area contributed by atoms with Crippen molar-refractivity contribution in [2.24, 2.45) is 0 Å². The Morgan fingerprint density at radius 1 is 1.32 bits per heavy atom. The normalized spacial score (nSPS) is 16.4. The molecule has 0 atom stereocenters. The Bertz CT molecular complexity index is 594. The molecule has 19 heavy (non-hydrogen) atoms. The third-order valence-electron chi connectivity index (χ3n) is 3.03. The molecule has 1 aromatic carbocycles. The fourth-order valence-electron chi connectivity index (χ4n) is 2.05. The maximum atomic E-state index is 11.4. The fraction of sp³-hybridized carbons (Fsp3) is 0.455. The summed E-state index contributed by atoms with van der Waals surface area (Å²) in [5.74, 6) is 0. The van der Waals surface area contributed by atoms with Gasteiger partial charge in [-0.2, -0.15) is 0 Å². The van der Waals surface area contributed by atoms with Gasteiger partial charge in [0.25, 0.3) is 5.69 Å². The van der Waals surface area contributed by atoms with E-state index in [1.807, 2.05) is 4.90 Å². The van der Waals surface area contributed by atoms with Crippen LogP contribution in [0.4, 0.5) is 11.4 Å². The summed E-state index contributed by atoms with van der Waals surface area (Å²) in [6, 6.07) is 4.06. The van der Waals surface area contributed by atoms with E-state index in [0.717, 1.165) is 25.4 Å². The fourth-order valence-corrected chi connectivity index (χ4v) is 2.69. The lowest BCUT2D eigenvalue weighted by Gasteiger charge is -2.29. The van der Waals surface area contributed by atoms with E-state index in [4.69, 9.17) is 0 Å². The lowest BCUT2D eigenvalue weighted by molar-refractivity contribution is -0.384. The molecule has 8 heteroatoms. The molecule has 1 heterocycles. The average Bonchev–Trinajstić information content (AvgIpc) is 2.38. The van der Waals surface area contributed by atoms with Crippen LogP contribution in [0.2, 0.25) is 0 Å². The van der Waals surface area contributed by atoms with E-state index in [9.17, 15) is 18.5 Å². The van der Waals surface area contributed by atoms with Crippen LogP contribution >= 0.6 is 0 Å². The van der Waals surface area contributed by atoms with Crippen molar-refractivity contribution in [2.75, 3.05) is 37.3 Å². The van der Waals surface area contributed by atoms with Crippen LogP contribution in [0, 0.1) is 10.1 Å². The first kappa shape index (κ1) is 13.8. The lowest BCUT2D eigenvalue weighted by Crippen LogP contribution is -2.43. The van der Waals surface area contributed by atoms with E-state index in [0.29, 0.717) is 18.8 Å². The molecule has 1 N–H and O–H groups in total. The Morgan fingerprint density at radius 2 is 1.95 bits per heavy atom. The monoisotopic (exact) mass is 285 g/mol. The molecule has 0 radical (unpaired) electrons. The van der Waals surface area contributed by atoms with Crippen molar-refractivity contribution in [1.29, 1.82) is 0 Å². The van der Waals surface area contributed by atoms with Crippen LogP contribution in [-0.2, 0) is 9.84 Å². The van der Waals surface area contributed by atoms with E-state index in [-0.39, 0.29) is 10.6 Å².